The van der Waals surface area contributed by atoms with Crippen molar-refractivity contribution in [1.82, 2.24) is 15.6 Å². The van der Waals surface area contributed by atoms with Gasteiger partial charge in [-0.3, -0.25) is 4.98 Å². The van der Waals surface area contributed by atoms with Crippen molar-refractivity contribution in [2.45, 2.75) is 32.4 Å². The van der Waals surface area contributed by atoms with Crippen LogP contribution in [-0.4, -0.2) is 30.3 Å². The number of hydrogen-bond acceptors (Lipinski definition) is 4. The van der Waals surface area contributed by atoms with Crippen molar-refractivity contribution in [1.29, 1.82) is 0 Å². The molecule has 0 aliphatic carbocycles. The van der Waals surface area contributed by atoms with E-state index < -0.39 is 11.7 Å². The van der Waals surface area contributed by atoms with Crippen LogP contribution in [0.15, 0.2) is 24.5 Å². The number of likely N-dealkylation sites (N-methyl/N-ethyl adjacent to an activating group) is 1. The number of rotatable bonds is 4. The molecule has 0 aliphatic rings. The highest BCUT2D eigenvalue weighted by molar-refractivity contribution is 5.67. The Kier molecular flexibility index (Phi) is 5.09. The van der Waals surface area contributed by atoms with E-state index >= 15 is 0 Å². The van der Waals surface area contributed by atoms with Crippen LogP contribution < -0.4 is 10.6 Å². The molecule has 0 bridgehead atoms. The number of pyridine rings is 1. The number of carbonyl (C=O) groups is 1. The second-order valence-corrected chi connectivity index (χ2v) is 5.00. The van der Waals surface area contributed by atoms with E-state index in [0.717, 1.165) is 5.56 Å². The molecule has 5 nitrogen and oxygen atoms in total. The van der Waals surface area contributed by atoms with E-state index in [2.05, 4.69) is 15.6 Å². The highest BCUT2D eigenvalue weighted by Crippen LogP contribution is 2.10. The smallest absolute Gasteiger partial charge is 0.407 e. The van der Waals surface area contributed by atoms with Crippen molar-refractivity contribution in [2.75, 3.05) is 13.6 Å². The standard InChI is InChI=1S/C13H21N3O2/c1-13(2,3)18-12(17)16-9-11(14-4)10-5-7-15-8-6-10/h5-8,11,14H,9H2,1-4H3,(H,16,17). The highest BCUT2D eigenvalue weighted by atomic mass is 16.6. The van der Waals surface area contributed by atoms with Crippen LogP contribution in [0, 0.1) is 0 Å². The van der Waals surface area contributed by atoms with Gasteiger partial charge >= 0.3 is 6.09 Å². The van der Waals surface area contributed by atoms with Gasteiger partial charge in [-0.05, 0) is 45.5 Å². The molecule has 1 heterocycles. The van der Waals surface area contributed by atoms with Crippen molar-refractivity contribution in [3.63, 3.8) is 0 Å². The summed E-state index contributed by atoms with van der Waals surface area (Å²) in [7, 11) is 1.85. The van der Waals surface area contributed by atoms with Gasteiger partial charge in [0.1, 0.15) is 5.60 Å². The van der Waals surface area contributed by atoms with Gasteiger partial charge in [0.25, 0.3) is 0 Å². The summed E-state index contributed by atoms with van der Waals surface area (Å²) in [5, 5.41) is 5.88. The minimum Gasteiger partial charge on any atom is -0.444 e. The molecule has 100 valence electrons. The monoisotopic (exact) mass is 251 g/mol. The van der Waals surface area contributed by atoms with Gasteiger partial charge in [-0.15, -0.1) is 0 Å². The minimum atomic E-state index is -0.476. The number of alkyl carbamates (subject to hydrolysis) is 1. The first kappa shape index (κ1) is 14.4. The lowest BCUT2D eigenvalue weighted by Crippen LogP contribution is -2.37. The van der Waals surface area contributed by atoms with Gasteiger partial charge in [0, 0.05) is 25.0 Å². The fourth-order valence-electron chi connectivity index (χ4n) is 1.48. The first-order chi connectivity index (χ1) is 8.42. The summed E-state index contributed by atoms with van der Waals surface area (Å²) in [6.07, 6.45) is 3.05. The van der Waals surface area contributed by atoms with Crippen molar-refractivity contribution in [3.8, 4) is 0 Å². The van der Waals surface area contributed by atoms with E-state index in [9.17, 15) is 4.79 Å². The van der Waals surface area contributed by atoms with Crippen molar-refractivity contribution in [2.24, 2.45) is 0 Å². The first-order valence-electron chi connectivity index (χ1n) is 5.96. The van der Waals surface area contributed by atoms with Gasteiger partial charge in [0.2, 0.25) is 0 Å². The summed E-state index contributed by atoms with van der Waals surface area (Å²) in [5.41, 5.74) is 0.596. The third-order valence-electron chi connectivity index (χ3n) is 2.31. The van der Waals surface area contributed by atoms with Crippen LogP contribution in [0.1, 0.15) is 32.4 Å². The largest absolute Gasteiger partial charge is 0.444 e. The molecule has 0 aromatic carbocycles. The number of amides is 1. The summed E-state index contributed by atoms with van der Waals surface area (Å²) < 4.78 is 5.18. The quantitative estimate of drug-likeness (QED) is 0.857. The zero-order valence-electron chi connectivity index (χ0n) is 11.4. The predicted molar refractivity (Wildman–Crippen MR) is 70.3 cm³/mol. The fourth-order valence-corrected chi connectivity index (χ4v) is 1.48. The van der Waals surface area contributed by atoms with Crippen molar-refractivity contribution < 1.29 is 9.53 Å². The molecule has 0 radical (unpaired) electrons. The maximum atomic E-state index is 11.5. The van der Waals surface area contributed by atoms with Crippen molar-refractivity contribution in [3.05, 3.63) is 30.1 Å². The van der Waals surface area contributed by atoms with Crippen LogP contribution in [0.2, 0.25) is 0 Å². The molecule has 0 spiro atoms. The van der Waals surface area contributed by atoms with Crippen LogP contribution in [-0.2, 0) is 4.74 Å². The molecular weight excluding hydrogens is 230 g/mol. The fraction of sp³-hybridized carbons (Fsp3) is 0.538. The summed E-state index contributed by atoms with van der Waals surface area (Å²) >= 11 is 0. The number of aromatic nitrogens is 1. The average Bonchev–Trinajstić information content (AvgIpc) is 2.29. The lowest BCUT2D eigenvalue weighted by atomic mass is 10.1. The molecule has 1 atom stereocenters. The van der Waals surface area contributed by atoms with Crippen LogP contribution in [0.3, 0.4) is 0 Å². The Morgan fingerprint density at radius 3 is 2.50 bits per heavy atom. The number of nitrogens with one attached hydrogen (secondary N) is 2. The Morgan fingerprint density at radius 1 is 1.39 bits per heavy atom. The summed E-state index contributed by atoms with van der Waals surface area (Å²) in [5.74, 6) is 0. The van der Waals surface area contributed by atoms with Crippen molar-refractivity contribution >= 4 is 6.09 Å². The zero-order chi connectivity index (χ0) is 13.6. The number of ether oxygens (including phenoxy) is 1. The molecule has 18 heavy (non-hydrogen) atoms. The van der Waals surface area contributed by atoms with Crippen LogP contribution >= 0.6 is 0 Å². The maximum absolute atomic E-state index is 11.5. The van der Waals surface area contributed by atoms with Crippen LogP contribution in [0.4, 0.5) is 4.79 Å². The lowest BCUT2D eigenvalue weighted by Gasteiger charge is -2.22. The van der Waals surface area contributed by atoms with Gasteiger partial charge in [0.05, 0.1) is 0 Å². The number of carbonyl (C=O) groups excluding carboxylic acids is 1. The molecule has 2 N–H and O–H groups in total. The molecular formula is C13H21N3O2. The van der Waals surface area contributed by atoms with E-state index in [0.29, 0.717) is 6.54 Å². The topological polar surface area (TPSA) is 63.2 Å². The predicted octanol–water partition coefficient (Wildman–Crippen LogP) is 1.87. The van der Waals surface area contributed by atoms with Gasteiger partial charge in [-0.2, -0.15) is 0 Å². The van der Waals surface area contributed by atoms with Crippen LogP contribution in [0.25, 0.3) is 0 Å². The first-order valence-corrected chi connectivity index (χ1v) is 5.96. The third kappa shape index (κ3) is 5.14. The Balaban J connectivity index is 2.48. The average molecular weight is 251 g/mol. The normalized spacial score (nSPS) is 12.9. The Labute approximate surface area is 108 Å². The molecule has 0 saturated carbocycles. The Morgan fingerprint density at radius 2 is 2.00 bits per heavy atom. The Bertz CT molecular complexity index is 374. The molecule has 1 unspecified atom stereocenters. The second kappa shape index (κ2) is 6.35. The second-order valence-electron chi connectivity index (χ2n) is 5.00. The molecule has 1 aromatic heterocycles. The van der Waals surface area contributed by atoms with E-state index in [-0.39, 0.29) is 6.04 Å². The van der Waals surface area contributed by atoms with Gasteiger partial charge in [-0.1, -0.05) is 0 Å². The molecule has 1 aromatic rings. The van der Waals surface area contributed by atoms with Crippen LogP contribution in [0.5, 0.6) is 0 Å². The van der Waals surface area contributed by atoms with Gasteiger partial charge in [-0.25, -0.2) is 4.79 Å². The van der Waals surface area contributed by atoms with Gasteiger partial charge < -0.3 is 15.4 Å². The van der Waals surface area contributed by atoms with Gasteiger partial charge in [0.15, 0.2) is 0 Å². The number of hydrogen-bond donors (Lipinski definition) is 2. The molecule has 1 amide bonds. The molecule has 0 aliphatic heterocycles. The van der Waals surface area contributed by atoms with E-state index in [1.165, 1.54) is 0 Å². The zero-order valence-corrected chi connectivity index (χ0v) is 11.4. The highest BCUT2D eigenvalue weighted by Gasteiger charge is 2.17. The summed E-state index contributed by atoms with van der Waals surface area (Å²) in [6, 6.07) is 3.87. The molecule has 0 fully saturated rings. The summed E-state index contributed by atoms with van der Waals surface area (Å²) in [4.78, 5) is 15.5. The minimum absolute atomic E-state index is 0.0421. The molecule has 0 saturated heterocycles. The third-order valence-corrected chi connectivity index (χ3v) is 2.31. The lowest BCUT2D eigenvalue weighted by molar-refractivity contribution is 0.0523. The van der Waals surface area contributed by atoms with E-state index in [1.54, 1.807) is 12.4 Å². The summed E-state index contributed by atoms with van der Waals surface area (Å²) in [6.45, 7) is 5.98. The van der Waals surface area contributed by atoms with E-state index in [1.807, 2.05) is 40.0 Å². The SMILES string of the molecule is CNC(CNC(=O)OC(C)(C)C)c1ccncc1. The maximum Gasteiger partial charge on any atom is 0.407 e. The molecule has 5 heteroatoms. The number of nitrogens with zero attached hydrogens (tertiary/aromatic N) is 1. The molecule has 1 rings (SSSR count). The Hall–Kier alpha value is -1.62. The van der Waals surface area contributed by atoms with E-state index in [4.69, 9.17) is 4.74 Å².